The number of carbonyl (C=O) groups is 1. The summed E-state index contributed by atoms with van der Waals surface area (Å²) in [6.45, 7) is 3.68. The normalized spacial score (nSPS) is 11.4. The number of hydrogen-bond donors (Lipinski definition) is 1. The van der Waals surface area contributed by atoms with Crippen molar-refractivity contribution in [3.8, 4) is 0 Å². The van der Waals surface area contributed by atoms with E-state index in [1.165, 1.54) is 5.56 Å². The molecule has 0 heterocycles. The Kier molecular flexibility index (Phi) is 3.46. The molecule has 1 N–H and O–H groups in total. The van der Waals surface area contributed by atoms with Gasteiger partial charge in [0.05, 0.1) is 0 Å². The molecule has 0 aromatic heterocycles. The van der Waals surface area contributed by atoms with Gasteiger partial charge in [0.25, 0.3) is 0 Å². The van der Waals surface area contributed by atoms with Crippen LogP contribution in [0.25, 0.3) is 6.08 Å². The molecule has 0 atom stereocenters. The summed E-state index contributed by atoms with van der Waals surface area (Å²) >= 11 is 0. The van der Waals surface area contributed by atoms with E-state index in [1.54, 1.807) is 13.0 Å². The second-order valence-corrected chi connectivity index (χ2v) is 3.23. The van der Waals surface area contributed by atoms with Crippen molar-refractivity contribution in [2.45, 2.75) is 20.3 Å². The first-order valence-corrected chi connectivity index (χ1v) is 4.64. The van der Waals surface area contributed by atoms with Crippen LogP contribution in [-0.2, 0) is 11.2 Å². The Balaban J connectivity index is 2.88. The highest BCUT2D eigenvalue weighted by molar-refractivity contribution is 5.91. The van der Waals surface area contributed by atoms with Crippen molar-refractivity contribution in [3.63, 3.8) is 0 Å². The van der Waals surface area contributed by atoms with Gasteiger partial charge in [0.2, 0.25) is 0 Å². The molecule has 0 aliphatic heterocycles. The van der Waals surface area contributed by atoms with Gasteiger partial charge in [0.1, 0.15) is 0 Å². The van der Waals surface area contributed by atoms with Crippen LogP contribution in [-0.4, -0.2) is 11.1 Å². The van der Waals surface area contributed by atoms with E-state index in [9.17, 15) is 4.79 Å². The third-order valence-electron chi connectivity index (χ3n) is 2.11. The Morgan fingerprint density at radius 3 is 2.36 bits per heavy atom. The lowest BCUT2D eigenvalue weighted by molar-refractivity contribution is -0.132. The average molecular weight is 190 g/mol. The first kappa shape index (κ1) is 10.5. The second kappa shape index (κ2) is 4.61. The highest BCUT2D eigenvalue weighted by Gasteiger charge is 1.99. The number of rotatable bonds is 3. The smallest absolute Gasteiger partial charge is 0.331 e. The van der Waals surface area contributed by atoms with E-state index in [4.69, 9.17) is 5.11 Å². The molecule has 0 aliphatic carbocycles. The monoisotopic (exact) mass is 190 g/mol. The van der Waals surface area contributed by atoms with Crippen LogP contribution >= 0.6 is 0 Å². The maximum Gasteiger partial charge on any atom is 0.331 e. The number of benzene rings is 1. The molecular weight excluding hydrogens is 176 g/mol. The van der Waals surface area contributed by atoms with Crippen molar-refractivity contribution in [1.29, 1.82) is 0 Å². The summed E-state index contributed by atoms with van der Waals surface area (Å²) in [5.41, 5.74) is 2.55. The number of carboxylic acids is 1. The minimum Gasteiger partial charge on any atom is -0.478 e. The van der Waals surface area contributed by atoms with E-state index in [-0.39, 0.29) is 0 Å². The summed E-state index contributed by atoms with van der Waals surface area (Å²) < 4.78 is 0. The molecular formula is C12H14O2. The van der Waals surface area contributed by atoms with Crippen LogP contribution in [0.4, 0.5) is 0 Å². The van der Waals surface area contributed by atoms with E-state index in [2.05, 4.69) is 6.92 Å². The summed E-state index contributed by atoms with van der Waals surface area (Å²) in [7, 11) is 0. The molecule has 1 rings (SSSR count). The quantitative estimate of drug-likeness (QED) is 0.744. The summed E-state index contributed by atoms with van der Waals surface area (Å²) in [5.74, 6) is -0.871. The van der Waals surface area contributed by atoms with Crippen molar-refractivity contribution in [2.75, 3.05) is 0 Å². The molecule has 0 fully saturated rings. The Morgan fingerprint density at radius 1 is 1.36 bits per heavy atom. The van der Waals surface area contributed by atoms with Gasteiger partial charge in [-0.15, -0.1) is 0 Å². The number of aryl methyl sites for hydroxylation is 1. The van der Waals surface area contributed by atoms with Crippen LogP contribution in [0, 0.1) is 0 Å². The lowest BCUT2D eigenvalue weighted by Crippen LogP contribution is -1.95. The average Bonchev–Trinajstić information content (AvgIpc) is 2.19. The van der Waals surface area contributed by atoms with Crippen LogP contribution in [0.3, 0.4) is 0 Å². The summed E-state index contributed by atoms with van der Waals surface area (Å²) in [6.07, 6.45) is 2.67. The molecule has 0 saturated heterocycles. The molecule has 0 radical (unpaired) electrons. The highest BCUT2D eigenvalue weighted by atomic mass is 16.4. The summed E-state index contributed by atoms with van der Waals surface area (Å²) in [5, 5.41) is 8.68. The van der Waals surface area contributed by atoms with E-state index < -0.39 is 5.97 Å². The van der Waals surface area contributed by atoms with Crippen molar-refractivity contribution in [1.82, 2.24) is 0 Å². The van der Waals surface area contributed by atoms with E-state index >= 15 is 0 Å². The minimum atomic E-state index is -0.871. The fraction of sp³-hybridized carbons (Fsp3) is 0.250. The molecule has 1 aromatic rings. The zero-order chi connectivity index (χ0) is 10.6. The van der Waals surface area contributed by atoms with Gasteiger partial charge in [-0.2, -0.15) is 0 Å². The van der Waals surface area contributed by atoms with Crippen LogP contribution in [0.2, 0.25) is 0 Å². The van der Waals surface area contributed by atoms with Crippen molar-refractivity contribution in [2.24, 2.45) is 0 Å². The Labute approximate surface area is 83.9 Å². The molecule has 0 unspecified atom stereocenters. The van der Waals surface area contributed by atoms with Crippen molar-refractivity contribution < 1.29 is 9.90 Å². The molecule has 74 valence electrons. The van der Waals surface area contributed by atoms with Gasteiger partial charge in [0.15, 0.2) is 0 Å². The minimum absolute atomic E-state index is 0.356. The first-order valence-electron chi connectivity index (χ1n) is 4.64. The predicted molar refractivity (Wildman–Crippen MR) is 57.1 cm³/mol. The third kappa shape index (κ3) is 2.73. The molecule has 0 amide bonds. The molecule has 2 heteroatoms. The van der Waals surface area contributed by atoms with Gasteiger partial charge in [-0.3, -0.25) is 0 Å². The molecule has 2 nitrogen and oxygen atoms in total. The Hall–Kier alpha value is -1.57. The lowest BCUT2D eigenvalue weighted by atomic mass is 10.1. The summed E-state index contributed by atoms with van der Waals surface area (Å²) in [6, 6.07) is 7.90. The zero-order valence-electron chi connectivity index (χ0n) is 8.45. The number of carboxylic acid groups (broad SMARTS) is 1. The Bertz CT molecular complexity index is 347. The van der Waals surface area contributed by atoms with Gasteiger partial charge in [-0.1, -0.05) is 31.2 Å². The third-order valence-corrected chi connectivity index (χ3v) is 2.11. The maximum absolute atomic E-state index is 10.6. The number of hydrogen-bond acceptors (Lipinski definition) is 1. The molecule has 1 aromatic carbocycles. The molecule has 0 aliphatic rings. The fourth-order valence-electron chi connectivity index (χ4n) is 1.16. The van der Waals surface area contributed by atoms with Gasteiger partial charge >= 0.3 is 5.97 Å². The van der Waals surface area contributed by atoms with Crippen molar-refractivity contribution >= 4 is 12.0 Å². The maximum atomic E-state index is 10.6. The fourth-order valence-corrected chi connectivity index (χ4v) is 1.16. The summed E-state index contributed by atoms with van der Waals surface area (Å²) in [4.78, 5) is 10.6. The zero-order valence-corrected chi connectivity index (χ0v) is 8.45. The van der Waals surface area contributed by atoms with Crippen LogP contribution < -0.4 is 0 Å². The van der Waals surface area contributed by atoms with Crippen LogP contribution in [0.5, 0.6) is 0 Å². The van der Waals surface area contributed by atoms with Gasteiger partial charge < -0.3 is 5.11 Å². The van der Waals surface area contributed by atoms with Crippen molar-refractivity contribution in [3.05, 3.63) is 41.0 Å². The van der Waals surface area contributed by atoms with E-state index in [0.29, 0.717) is 5.57 Å². The van der Waals surface area contributed by atoms with E-state index in [1.807, 2.05) is 24.3 Å². The van der Waals surface area contributed by atoms with Crippen LogP contribution in [0.1, 0.15) is 25.0 Å². The Morgan fingerprint density at radius 2 is 1.93 bits per heavy atom. The molecule has 0 saturated carbocycles. The lowest BCUT2D eigenvalue weighted by Gasteiger charge is -1.98. The molecule has 14 heavy (non-hydrogen) atoms. The predicted octanol–water partition coefficient (Wildman–Crippen LogP) is 2.74. The first-order chi connectivity index (χ1) is 6.63. The largest absolute Gasteiger partial charge is 0.478 e. The molecule has 0 bridgehead atoms. The van der Waals surface area contributed by atoms with Gasteiger partial charge in [-0.25, -0.2) is 4.79 Å². The number of aliphatic carboxylic acids is 1. The van der Waals surface area contributed by atoms with E-state index in [0.717, 1.165) is 12.0 Å². The highest BCUT2D eigenvalue weighted by Crippen LogP contribution is 2.09. The molecule has 0 spiro atoms. The van der Waals surface area contributed by atoms with Gasteiger partial charge in [-0.05, 0) is 30.5 Å². The van der Waals surface area contributed by atoms with Gasteiger partial charge in [0, 0.05) is 5.57 Å². The SMILES string of the molecule is CCc1ccc(C=C(C)C(=O)O)cc1. The second-order valence-electron chi connectivity index (χ2n) is 3.23. The topological polar surface area (TPSA) is 37.3 Å². The standard InChI is InChI=1S/C12H14O2/c1-3-10-4-6-11(7-5-10)8-9(2)12(13)14/h4-8H,3H2,1-2H3,(H,13,14). The van der Waals surface area contributed by atoms with Crippen LogP contribution in [0.15, 0.2) is 29.8 Å².